The molecule has 0 saturated carbocycles. The lowest BCUT2D eigenvalue weighted by molar-refractivity contribution is -0.143. The van der Waals surface area contributed by atoms with Crippen molar-refractivity contribution in [1.29, 1.82) is 0 Å². The molecule has 0 bridgehead atoms. The molecule has 1 N–H and O–H groups in total. The van der Waals surface area contributed by atoms with Crippen molar-refractivity contribution in [2.75, 3.05) is 25.2 Å². The molecule has 1 heterocycles. The predicted octanol–water partition coefficient (Wildman–Crippen LogP) is 1.25. The highest BCUT2D eigenvalue weighted by Gasteiger charge is 2.35. The van der Waals surface area contributed by atoms with Crippen LogP contribution in [-0.4, -0.2) is 43.3 Å². The van der Waals surface area contributed by atoms with Crippen molar-refractivity contribution < 1.29 is 28.9 Å². The van der Waals surface area contributed by atoms with E-state index in [2.05, 4.69) is 0 Å². The molecule has 0 aliphatic carbocycles. The highest BCUT2D eigenvalue weighted by atomic mass is 16.5. The van der Waals surface area contributed by atoms with Crippen LogP contribution in [0, 0.1) is 0 Å². The number of fused-ring (bicyclic) bond motifs is 1. The van der Waals surface area contributed by atoms with Gasteiger partial charge in [0.15, 0.2) is 18.1 Å². The van der Waals surface area contributed by atoms with Crippen LogP contribution in [0.3, 0.4) is 0 Å². The molecule has 7 heteroatoms. The normalized spacial score (nSPS) is 14.8. The third kappa shape index (κ3) is 3.39. The highest BCUT2D eigenvalue weighted by molar-refractivity contribution is 6.03. The Bertz CT molecular complexity index is 600. The Morgan fingerprint density at radius 2 is 2.22 bits per heavy atom. The van der Waals surface area contributed by atoms with Crippen molar-refractivity contribution in [3.05, 3.63) is 17.7 Å². The number of hydrogen-bond donors (Lipinski definition) is 1. The minimum atomic E-state index is -0.803. The van der Waals surface area contributed by atoms with Crippen LogP contribution < -0.4 is 14.4 Å². The molecule has 1 atom stereocenters. The van der Waals surface area contributed by atoms with Gasteiger partial charge in [0.1, 0.15) is 6.04 Å². The number of aliphatic hydroxyl groups excluding tert-OH is 1. The second-order valence-electron chi connectivity index (χ2n) is 5.20. The van der Waals surface area contributed by atoms with Crippen LogP contribution in [0.1, 0.15) is 25.8 Å². The molecule has 0 aromatic heterocycles. The van der Waals surface area contributed by atoms with Gasteiger partial charge in [-0.1, -0.05) is 6.92 Å². The lowest BCUT2D eigenvalue weighted by Gasteiger charge is -2.33. The molecule has 1 aromatic carbocycles. The summed E-state index contributed by atoms with van der Waals surface area (Å²) in [6.45, 7) is 3.63. The Morgan fingerprint density at radius 3 is 2.83 bits per heavy atom. The molecule has 1 aliphatic heterocycles. The minimum Gasteiger partial charge on any atom is -0.490 e. The van der Waals surface area contributed by atoms with Crippen LogP contribution in [0.4, 0.5) is 5.69 Å². The van der Waals surface area contributed by atoms with Gasteiger partial charge in [-0.3, -0.25) is 9.69 Å². The number of benzene rings is 1. The highest BCUT2D eigenvalue weighted by Crippen LogP contribution is 2.42. The summed E-state index contributed by atoms with van der Waals surface area (Å²) >= 11 is 0. The zero-order chi connectivity index (χ0) is 17.0. The Hall–Kier alpha value is -2.28. The number of carbonyl (C=O) groups excluding carboxylic acids is 2. The molecule has 1 aromatic rings. The molecule has 0 fully saturated rings. The summed E-state index contributed by atoms with van der Waals surface area (Å²) < 4.78 is 15.9. The maximum Gasteiger partial charge on any atom is 0.328 e. The number of ether oxygens (including phenoxy) is 3. The fourth-order valence-electron chi connectivity index (χ4n) is 2.42. The van der Waals surface area contributed by atoms with E-state index in [0.717, 1.165) is 6.42 Å². The molecule has 1 unspecified atom stereocenters. The molecule has 2 rings (SSSR count). The number of carbonyl (C=O) groups is 2. The largest absolute Gasteiger partial charge is 0.490 e. The quantitative estimate of drug-likeness (QED) is 0.793. The lowest BCUT2D eigenvalue weighted by atomic mass is 10.1. The zero-order valence-electron chi connectivity index (χ0n) is 13.5. The predicted molar refractivity (Wildman–Crippen MR) is 82.6 cm³/mol. The van der Waals surface area contributed by atoms with Gasteiger partial charge in [-0.25, -0.2) is 4.79 Å². The first-order chi connectivity index (χ1) is 11.0. The molecule has 1 aliphatic rings. The monoisotopic (exact) mass is 323 g/mol. The van der Waals surface area contributed by atoms with Gasteiger partial charge in [-0.15, -0.1) is 0 Å². The first-order valence-electron chi connectivity index (χ1n) is 7.46. The van der Waals surface area contributed by atoms with Crippen molar-refractivity contribution in [1.82, 2.24) is 0 Å². The van der Waals surface area contributed by atoms with E-state index in [1.807, 2.05) is 6.92 Å². The molecule has 0 saturated heterocycles. The number of rotatable bonds is 6. The average Bonchev–Trinajstić information content (AvgIpc) is 2.57. The van der Waals surface area contributed by atoms with Crippen LogP contribution in [0.15, 0.2) is 12.1 Å². The SMILES string of the molecule is CCCOc1cc(CO)cc2c1OCC(=O)N2C(C)C(=O)OC. The van der Waals surface area contributed by atoms with Crippen LogP contribution in [-0.2, 0) is 20.9 Å². The fourth-order valence-corrected chi connectivity index (χ4v) is 2.42. The van der Waals surface area contributed by atoms with Gasteiger partial charge in [-0.05, 0) is 31.0 Å². The third-order valence-electron chi connectivity index (χ3n) is 3.54. The molecular formula is C16H21NO6. The van der Waals surface area contributed by atoms with E-state index in [-0.39, 0.29) is 19.1 Å². The van der Waals surface area contributed by atoms with Crippen LogP contribution >= 0.6 is 0 Å². The van der Waals surface area contributed by atoms with Gasteiger partial charge in [0.2, 0.25) is 0 Å². The summed E-state index contributed by atoms with van der Waals surface area (Å²) in [7, 11) is 1.27. The molecule has 1 amide bonds. The fraction of sp³-hybridized carbons (Fsp3) is 0.500. The van der Waals surface area contributed by atoms with Crippen LogP contribution in [0.5, 0.6) is 11.5 Å². The van der Waals surface area contributed by atoms with E-state index in [1.165, 1.54) is 12.0 Å². The Labute approximate surface area is 134 Å². The van der Waals surface area contributed by atoms with E-state index in [1.54, 1.807) is 19.1 Å². The number of methoxy groups -OCH3 is 1. The Balaban J connectivity index is 2.50. The number of aliphatic hydroxyl groups is 1. The summed E-state index contributed by atoms with van der Waals surface area (Å²) in [6, 6.07) is 2.48. The number of anilines is 1. The number of hydrogen-bond acceptors (Lipinski definition) is 6. The van der Waals surface area contributed by atoms with Gasteiger partial charge in [0.05, 0.1) is 26.0 Å². The number of nitrogens with zero attached hydrogens (tertiary/aromatic N) is 1. The van der Waals surface area contributed by atoms with Gasteiger partial charge >= 0.3 is 5.97 Å². The maximum absolute atomic E-state index is 12.2. The smallest absolute Gasteiger partial charge is 0.328 e. The van der Waals surface area contributed by atoms with Crippen molar-refractivity contribution in [2.45, 2.75) is 32.9 Å². The van der Waals surface area contributed by atoms with Gasteiger partial charge in [-0.2, -0.15) is 0 Å². The Morgan fingerprint density at radius 1 is 1.48 bits per heavy atom. The van der Waals surface area contributed by atoms with Crippen LogP contribution in [0.2, 0.25) is 0 Å². The van der Waals surface area contributed by atoms with Crippen LogP contribution in [0.25, 0.3) is 0 Å². The molecule has 0 radical (unpaired) electrons. The first-order valence-corrected chi connectivity index (χ1v) is 7.46. The van der Waals surface area contributed by atoms with E-state index in [0.29, 0.717) is 29.4 Å². The standard InChI is InChI=1S/C16H21NO6/c1-4-5-22-13-7-11(8-18)6-12-15(13)23-9-14(19)17(12)10(2)16(20)21-3/h6-7,10,18H,4-5,8-9H2,1-3H3. The average molecular weight is 323 g/mol. The second-order valence-corrected chi connectivity index (χ2v) is 5.20. The van der Waals surface area contributed by atoms with E-state index >= 15 is 0 Å². The molecule has 126 valence electrons. The summed E-state index contributed by atoms with van der Waals surface area (Å²) in [4.78, 5) is 25.4. The first kappa shape index (κ1) is 17.1. The van der Waals surface area contributed by atoms with E-state index in [9.17, 15) is 14.7 Å². The van der Waals surface area contributed by atoms with E-state index < -0.39 is 12.0 Å². The summed E-state index contributed by atoms with van der Waals surface area (Å²) in [5, 5.41) is 9.44. The summed E-state index contributed by atoms with van der Waals surface area (Å²) in [5.74, 6) is -0.0440. The lowest BCUT2D eigenvalue weighted by Crippen LogP contribution is -2.48. The summed E-state index contributed by atoms with van der Waals surface area (Å²) in [6.07, 6.45) is 0.805. The minimum absolute atomic E-state index is 0.185. The number of amides is 1. The van der Waals surface area contributed by atoms with Gasteiger partial charge < -0.3 is 19.3 Å². The molecule has 0 spiro atoms. The second kappa shape index (κ2) is 7.32. The van der Waals surface area contributed by atoms with Crippen molar-refractivity contribution in [3.63, 3.8) is 0 Å². The van der Waals surface area contributed by atoms with Gasteiger partial charge in [0, 0.05) is 0 Å². The van der Waals surface area contributed by atoms with E-state index in [4.69, 9.17) is 14.2 Å². The zero-order valence-corrected chi connectivity index (χ0v) is 13.5. The molecule has 7 nitrogen and oxygen atoms in total. The topological polar surface area (TPSA) is 85.3 Å². The number of esters is 1. The van der Waals surface area contributed by atoms with Gasteiger partial charge in [0.25, 0.3) is 5.91 Å². The maximum atomic E-state index is 12.2. The Kier molecular flexibility index (Phi) is 5.44. The van der Waals surface area contributed by atoms with Crippen molar-refractivity contribution >= 4 is 17.6 Å². The molecular weight excluding hydrogens is 302 g/mol. The van der Waals surface area contributed by atoms with Crippen molar-refractivity contribution in [2.24, 2.45) is 0 Å². The summed E-state index contributed by atoms with van der Waals surface area (Å²) in [5.41, 5.74) is 0.965. The van der Waals surface area contributed by atoms with Crippen molar-refractivity contribution in [3.8, 4) is 11.5 Å². The third-order valence-corrected chi connectivity index (χ3v) is 3.54. The molecule has 23 heavy (non-hydrogen) atoms.